The number of halogens is 1. The van der Waals surface area contributed by atoms with Crippen LogP contribution in [0.3, 0.4) is 0 Å². The van der Waals surface area contributed by atoms with Gasteiger partial charge >= 0.3 is 6.09 Å². The predicted octanol–water partition coefficient (Wildman–Crippen LogP) is 8.40. The summed E-state index contributed by atoms with van der Waals surface area (Å²) in [5.74, 6) is 0.630. The number of alkyl carbamates (subject to hydrolysis) is 1. The Kier molecular flexibility index (Phi) is 11.3. The van der Waals surface area contributed by atoms with Crippen molar-refractivity contribution in [1.82, 2.24) is 19.4 Å². The molecule has 2 bridgehead atoms. The van der Waals surface area contributed by atoms with E-state index in [-0.39, 0.29) is 48.1 Å². The highest BCUT2D eigenvalue weighted by atomic mass is 35.5. The number of hydrogen-bond donors (Lipinski definition) is 1. The molecule has 12 heteroatoms. The maximum Gasteiger partial charge on any atom is 0.407 e. The van der Waals surface area contributed by atoms with Crippen LogP contribution in [0.15, 0.2) is 89.8 Å². The van der Waals surface area contributed by atoms with Gasteiger partial charge in [-0.2, -0.15) is 4.31 Å². The number of sulfonamides is 1. The van der Waals surface area contributed by atoms with E-state index in [1.807, 2.05) is 74.2 Å². The summed E-state index contributed by atoms with van der Waals surface area (Å²) in [6.07, 6.45) is 7.06. The zero-order chi connectivity index (χ0) is 39.9. The summed E-state index contributed by atoms with van der Waals surface area (Å²) in [6.45, 7) is 7.01. The fourth-order valence-electron chi connectivity index (χ4n) is 9.23. The number of nitrogens with one attached hydrogen (secondary N) is 1. The van der Waals surface area contributed by atoms with E-state index in [0.717, 1.165) is 58.9 Å². The van der Waals surface area contributed by atoms with E-state index in [2.05, 4.69) is 34.5 Å². The number of carbonyl (C=O) groups is 2. The molecule has 3 unspecified atom stereocenters. The standard InChI is InChI=1S/C45H53ClN4O6S/c1-45(2,3)56-44(52)47-36-26-37-18-19-38(27-36)50(37)43(51)42-29-48(28-30-8-10-31(11-9-30)32-12-16-35(46)17-13-32)22-23-49(42)57(53,54)41-21-15-33-24-40(20-14-34(33)25-41)55-39-6-4-5-7-39/h8-17,20-21,24-25,36-39,42H,4-7,18-19,22-23,26-29H2,1-3H3,(H,47,52). The van der Waals surface area contributed by atoms with E-state index in [1.54, 1.807) is 12.1 Å². The van der Waals surface area contributed by atoms with Crippen LogP contribution in [-0.2, 0) is 26.1 Å². The van der Waals surface area contributed by atoms with Crippen molar-refractivity contribution >= 4 is 44.4 Å². The third-order valence-corrected chi connectivity index (χ3v) is 14.1. The van der Waals surface area contributed by atoms with Crippen molar-refractivity contribution in [1.29, 1.82) is 0 Å². The van der Waals surface area contributed by atoms with Gasteiger partial charge in [0.2, 0.25) is 15.9 Å². The van der Waals surface area contributed by atoms with Gasteiger partial charge in [-0.05, 0) is 136 Å². The first-order valence-electron chi connectivity index (χ1n) is 20.4. The van der Waals surface area contributed by atoms with Crippen LogP contribution >= 0.6 is 11.6 Å². The van der Waals surface area contributed by atoms with E-state index in [9.17, 15) is 18.0 Å². The van der Waals surface area contributed by atoms with Gasteiger partial charge in [-0.3, -0.25) is 9.69 Å². The molecule has 4 aromatic carbocycles. The Balaban J connectivity index is 1.03. The largest absolute Gasteiger partial charge is 0.490 e. The molecule has 0 radical (unpaired) electrons. The number of fused-ring (bicyclic) bond motifs is 3. The minimum atomic E-state index is -4.06. The first kappa shape index (κ1) is 39.7. The smallest absolute Gasteiger partial charge is 0.407 e. The van der Waals surface area contributed by atoms with E-state index in [1.165, 1.54) is 17.1 Å². The van der Waals surface area contributed by atoms with Gasteiger partial charge in [0.1, 0.15) is 17.4 Å². The number of hydrogen-bond acceptors (Lipinski definition) is 7. The van der Waals surface area contributed by atoms with Crippen LogP contribution in [-0.4, -0.2) is 90.0 Å². The Morgan fingerprint density at radius 3 is 2.11 bits per heavy atom. The van der Waals surface area contributed by atoms with Crippen molar-refractivity contribution in [2.45, 2.75) is 119 Å². The fraction of sp³-hybridized carbons (Fsp3) is 0.467. The molecule has 1 aliphatic carbocycles. The summed E-state index contributed by atoms with van der Waals surface area (Å²) in [4.78, 5) is 31.9. The molecule has 10 nitrogen and oxygen atoms in total. The summed E-state index contributed by atoms with van der Waals surface area (Å²) in [5.41, 5.74) is 2.61. The Hall–Kier alpha value is -4.16. The van der Waals surface area contributed by atoms with Crippen LogP contribution in [0.25, 0.3) is 21.9 Å². The molecular formula is C45H53ClN4O6S. The minimum absolute atomic E-state index is 0.0992. The molecule has 4 aliphatic rings. The van der Waals surface area contributed by atoms with Crippen molar-refractivity contribution in [2.75, 3.05) is 19.6 Å². The summed E-state index contributed by atoms with van der Waals surface area (Å²) < 4.78 is 42.6. The molecule has 302 valence electrons. The summed E-state index contributed by atoms with van der Waals surface area (Å²) in [6, 6.07) is 25.9. The monoisotopic (exact) mass is 812 g/mol. The molecule has 4 aromatic rings. The molecule has 1 saturated carbocycles. The molecule has 3 heterocycles. The number of amides is 2. The molecule has 4 fully saturated rings. The van der Waals surface area contributed by atoms with Crippen molar-refractivity contribution in [3.8, 4) is 16.9 Å². The molecule has 3 saturated heterocycles. The van der Waals surface area contributed by atoms with Gasteiger partial charge < -0.3 is 19.7 Å². The van der Waals surface area contributed by atoms with E-state index >= 15 is 0 Å². The second-order valence-electron chi connectivity index (χ2n) is 17.2. The third kappa shape index (κ3) is 8.97. The van der Waals surface area contributed by atoms with Gasteiger partial charge in [0.15, 0.2) is 0 Å². The van der Waals surface area contributed by atoms with Crippen molar-refractivity contribution in [3.05, 3.63) is 95.5 Å². The van der Waals surface area contributed by atoms with Crippen LogP contribution in [0.2, 0.25) is 5.02 Å². The SMILES string of the molecule is CC(C)(C)OC(=O)NC1CC2CCC(C1)N2C(=O)C1CN(Cc2ccc(-c3ccc(Cl)cc3)cc2)CCN1S(=O)(=O)c1ccc2cc(OC3CCCC3)ccc2c1. The Morgan fingerprint density at radius 1 is 0.807 bits per heavy atom. The molecule has 57 heavy (non-hydrogen) atoms. The number of piperidine rings is 1. The highest BCUT2D eigenvalue weighted by molar-refractivity contribution is 7.89. The van der Waals surface area contributed by atoms with Crippen LogP contribution in [0.4, 0.5) is 4.79 Å². The van der Waals surface area contributed by atoms with E-state index in [4.69, 9.17) is 21.1 Å². The fourth-order valence-corrected chi connectivity index (χ4v) is 11.0. The van der Waals surface area contributed by atoms with Gasteiger partial charge in [0.25, 0.3) is 0 Å². The first-order chi connectivity index (χ1) is 27.3. The van der Waals surface area contributed by atoms with Gasteiger partial charge in [-0.1, -0.05) is 60.1 Å². The molecule has 3 atom stereocenters. The van der Waals surface area contributed by atoms with Gasteiger partial charge in [0.05, 0.1) is 11.0 Å². The van der Waals surface area contributed by atoms with Crippen LogP contribution < -0.4 is 10.1 Å². The van der Waals surface area contributed by atoms with Crippen molar-refractivity contribution < 1.29 is 27.5 Å². The summed E-state index contributed by atoms with van der Waals surface area (Å²) >= 11 is 6.11. The molecule has 8 rings (SSSR count). The van der Waals surface area contributed by atoms with Crippen LogP contribution in [0.5, 0.6) is 5.75 Å². The zero-order valence-electron chi connectivity index (χ0n) is 33.0. The topological polar surface area (TPSA) is 108 Å². The van der Waals surface area contributed by atoms with Crippen molar-refractivity contribution in [2.24, 2.45) is 0 Å². The van der Waals surface area contributed by atoms with Crippen LogP contribution in [0.1, 0.15) is 77.7 Å². The van der Waals surface area contributed by atoms with Crippen LogP contribution in [0, 0.1) is 0 Å². The summed E-state index contributed by atoms with van der Waals surface area (Å²) in [7, 11) is -4.06. The predicted molar refractivity (Wildman–Crippen MR) is 223 cm³/mol. The summed E-state index contributed by atoms with van der Waals surface area (Å²) in [5, 5.41) is 5.43. The lowest BCUT2D eigenvalue weighted by Gasteiger charge is -2.45. The lowest BCUT2D eigenvalue weighted by Crippen LogP contribution is -2.63. The number of piperazine rings is 1. The lowest BCUT2D eigenvalue weighted by atomic mass is 9.96. The Morgan fingerprint density at radius 2 is 1.44 bits per heavy atom. The number of rotatable bonds is 9. The quantitative estimate of drug-likeness (QED) is 0.181. The molecule has 0 aromatic heterocycles. The highest BCUT2D eigenvalue weighted by Gasteiger charge is 2.49. The third-order valence-electron chi connectivity index (χ3n) is 11.9. The van der Waals surface area contributed by atoms with E-state index in [0.29, 0.717) is 31.0 Å². The number of benzene rings is 4. The van der Waals surface area contributed by atoms with E-state index < -0.39 is 27.8 Å². The Labute approximate surface area is 341 Å². The second-order valence-corrected chi connectivity index (χ2v) is 19.5. The highest BCUT2D eigenvalue weighted by Crippen LogP contribution is 2.38. The average molecular weight is 813 g/mol. The molecule has 1 N–H and O–H groups in total. The van der Waals surface area contributed by atoms with Gasteiger partial charge in [-0.25, -0.2) is 13.2 Å². The molecule has 3 aliphatic heterocycles. The molecule has 0 spiro atoms. The molecular weight excluding hydrogens is 760 g/mol. The number of nitrogens with zero attached hydrogens (tertiary/aromatic N) is 3. The van der Waals surface area contributed by atoms with Crippen molar-refractivity contribution in [3.63, 3.8) is 0 Å². The van der Waals surface area contributed by atoms with Gasteiger partial charge in [-0.15, -0.1) is 0 Å². The number of ether oxygens (including phenoxy) is 2. The molecule has 2 amide bonds. The normalized spacial score (nSPS) is 23.5. The maximum atomic E-state index is 14.9. The zero-order valence-corrected chi connectivity index (χ0v) is 34.6. The van der Waals surface area contributed by atoms with Gasteiger partial charge in [0, 0.05) is 49.3 Å². The first-order valence-corrected chi connectivity index (χ1v) is 22.2. The minimum Gasteiger partial charge on any atom is -0.490 e. The maximum absolute atomic E-state index is 14.9. The Bertz CT molecular complexity index is 2190. The lowest BCUT2D eigenvalue weighted by molar-refractivity contribution is -0.142. The average Bonchev–Trinajstić information content (AvgIpc) is 3.79. The second kappa shape index (κ2) is 16.2. The number of carbonyl (C=O) groups excluding carboxylic acids is 2.